The molecule has 55 heavy (non-hydrogen) atoms. The summed E-state index contributed by atoms with van der Waals surface area (Å²) in [6, 6.07) is 27.8. The number of esters is 1. The summed E-state index contributed by atoms with van der Waals surface area (Å²) < 4.78 is 21.7. The van der Waals surface area contributed by atoms with E-state index in [1.165, 1.54) is 12.2 Å². The van der Waals surface area contributed by atoms with Crippen LogP contribution in [0.3, 0.4) is 0 Å². The van der Waals surface area contributed by atoms with Gasteiger partial charge in [0.1, 0.15) is 31.5 Å². The van der Waals surface area contributed by atoms with E-state index in [2.05, 4.69) is 29.1 Å². The van der Waals surface area contributed by atoms with E-state index in [9.17, 15) is 19.2 Å². The lowest BCUT2D eigenvalue weighted by Gasteiger charge is -2.31. The average Bonchev–Trinajstić information content (AvgIpc) is 3.18. The Hall–Kier alpha value is -5.62. The molecule has 12 nitrogen and oxygen atoms in total. The molecule has 3 amide bonds. The number of amides is 3. The summed E-state index contributed by atoms with van der Waals surface area (Å²) in [6.07, 6.45) is 2.26. The van der Waals surface area contributed by atoms with Crippen LogP contribution in [0.5, 0.6) is 0 Å². The second-order valence-electron chi connectivity index (χ2n) is 13.8. The van der Waals surface area contributed by atoms with Crippen LogP contribution in [0.4, 0.5) is 14.4 Å². The third-order valence-electron chi connectivity index (χ3n) is 8.25. The third-order valence-corrected chi connectivity index (χ3v) is 8.25. The molecule has 3 N–H and O–H groups in total. The molecule has 0 fully saturated rings. The Kier molecular flexibility index (Phi) is 19.0. The Labute approximate surface area is 325 Å². The maximum absolute atomic E-state index is 13.6. The second kappa shape index (κ2) is 23.9. The molecule has 3 aromatic rings. The molecule has 0 bridgehead atoms. The van der Waals surface area contributed by atoms with Gasteiger partial charge in [0.25, 0.3) is 0 Å². The predicted molar refractivity (Wildman–Crippen MR) is 212 cm³/mol. The topological polar surface area (TPSA) is 145 Å². The Morgan fingerprint density at radius 1 is 0.745 bits per heavy atom. The summed E-state index contributed by atoms with van der Waals surface area (Å²) >= 11 is 0. The summed E-state index contributed by atoms with van der Waals surface area (Å²) in [5.41, 5.74) is 2.19. The van der Waals surface area contributed by atoms with Crippen LogP contribution in [0.25, 0.3) is 0 Å². The normalized spacial score (nSPS) is 12.1. The van der Waals surface area contributed by atoms with Crippen LogP contribution < -0.4 is 16.0 Å². The van der Waals surface area contributed by atoms with Crippen LogP contribution in [0, 0.1) is 0 Å². The minimum Gasteiger partial charge on any atom is -0.460 e. The second-order valence-corrected chi connectivity index (χ2v) is 13.8. The highest BCUT2D eigenvalue weighted by atomic mass is 16.6. The molecule has 0 saturated carbocycles. The van der Waals surface area contributed by atoms with Crippen molar-refractivity contribution in [2.24, 2.45) is 0 Å². The van der Waals surface area contributed by atoms with Gasteiger partial charge in [-0.3, -0.25) is 10.1 Å². The van der Waals surface area contributed by atoms with Crippen LogP contribution in [-0.2, 0) is 30.3 Å². The van der Waals surface area contributed by atoms with Crippen molar-refractivity contribution < 1.29 is 38.1 Å². The molecule has 0 saturated heterocycles. The van der Waals surface area contributed by atoms with Crippen molar-refractivity contribution in [3.63, 3.8) is 0 Å². The first kappa shape index (κ1) is 43.8. The van der Waals surface area contributed by atoms with Crippen molar-refractivity contribution in [2.75, 3.05) is 39.4 Å². The SMILES string of the molecule is C=CCOC(=O)[C@@H](CCCNC(=O)OCc1ccccc1)NC(CCN(CC(c1ccccc1)c1ccccc1)C(=O)OCC=C)CNC(=O)OC(C)(C)C. The monoisotopic (exact) mass is 756 g/mol. The summed E-state index contributed by atoms with van der Waals surface area (Å²) in [5.74, 6) is -0.692. The molecule has 0 aliphatic rings. The molecule has 0 aliphatic heterocycles. The predicted octanol–water partition coefficient (Wildman–Crippen LogP) is 7.12. The summed E-state index contributed by atoms with van der Waals surface area (Å²) in [4.78, 5) is 53.6. The highest BCUT2D eigenvalue weighted by Gasteiger charge is 2.28. The fourth-order valence-electron chi connectivity index (χ4n) is 5.62. The molecule has 2 atom stereocenters. The van der Waals surface area contributed by atoms with Gasteiger partial charge in [-0.1, -0.05) is 116 Å². The van der Waals surface area contributed by atoms with E-state index in [4.69, 9.17) is 18.9 Å². The molecule has 1 unspecified atom stereocenters. The average molecular weight is 757 g/mol. The van der Waals surface area contributed by atoms with Crippen LogP contribution in [0.1, 0.15) is 62.6 Å². The number of nitrogens with one attached hydrogen (secondary N) is 3. The van der Waals surface area contributed by atoms with E-state index in [1.807, 2.05) is 91.0 Å². The fraction of sp³-hybridized carbons (Fsp3) is 0.395. The van der Waals surface area contributed by atoms with Crippen molar-refractivity contribution in [3.05, 3.63) is 133 Å². The maximum Gasteiger partial charge on any atom is 0.410 e. The highest BCUT2D eigenvalue weighted by molar-refractivity contribution is 5.76. The van der Waals surface area contributed by atoms with Crippen LogP contribution in [0.2, 0.25) is 0 Å². The fourth-order valence-corrected chi connectivity index (χ4v) is 5.62. The van der Waals surface area contributed by atoms with Crippen LogP contribution in [0.15, 0.2) is 116 Å². The first-order valence-corrected chi connectivity index (χ1v) is 18.6. The molecular formula is C43H56N4O8. The summed E-state index contributed by atoms with van der Waals surface area (Å²) in [7, 11) is 0. The quantitative estimate of drug-likeness (QED) is 0.0423. The molecule has 0 spiro atoms. The van der Waals surface area contributed by atoms with Crippen molar-refractivity contribution in [1.82, 2.24) is 20.9 Å². The van der Waals surface area contributed by atoms with E-state index in [0.717, 1.165) is 16.7 Å². The maximum atomic E-state index is 13.6. The standard InChI is InChI=1S/C43H56N4O8/c1-6-28-52-39(48)38(24-17-26-44-40(49)54-32-33-18-11-8-12-19-33)46-36(30-45-41(50)55-43(3,4)5)25-27-47(42(51)53-29-7-2)31-37(34-20-13-9-14-21-34)35-22-15-10-16-23-35/h6-16,18-23,36-38,46H,1-2,17,24-32H2,3-5H3,(H,44,49)(H,45,50)/t36?,38-/m1/s1. The molecule has 0 radical (unpaired) electrons. The zero-order valence-corrected chi connectivity index (χ0v) is 32.2. The zero-order valence-electron chi connectivity index (χ0n) is 32.2. The van der Waals surface area contributed by atoms with Crippen LogP contribution >= 0.6 is 0 Å². The number of carbonyl (C=O) groups is 4. The Morgan fingerprint density at radius 3 is 1.91 bits per heavy atom. The van der Waals surface area contributed by atoms with Gasteiger partial charge in [0.05, 0.1) is 0 Å². The number of ether oxygens (including phenoxy) is 4. The van der Waals surface area contributed by atoms with Gasteiger partial charge in [0.15, 0.2) is 0 Å². The van der Waals surface area contributed by atoms with Crippen molar-refractivity contribution in [2.45, 2.75) is 70.2 Å². The molecule has 0 aromatic heterocycles. The van der Waals surface area contributed by atoms with Gasteiger partial charge in [0, 0.05) is 38.1 Å². The van der Waals surface area contributed by atoms with E-state index in [-0.39, 0.29) is 51.8 Å². The number of alkyl carbamates (subject to hydrolysis) is 2. The molecule has 3 rings (SSSR count). The van der Waals surface area contributed by atoms with Gasteiger partial charge >= 0.3 is 24.2 Å². The van der Waals surface area contributed by atoms with Crippen LogP contribution in [-0.4, -0.2) is 86.2 Å². The van der Waals surface area contributed by atoms with Gasteiger partial charge < -0.3 is 34.5 Å². The lowest BCUT2D eigenvalue weighted by molar-refractivity contribution is -0.145. The zero-order chi connectivity index (χ0) is 39.9. The lowest BCUT2D eigenvalue weighted by atomic mass is 9.90. The minimum atomic E-state index is -0.824. The number of benzene rings is 3. The number of carbonyl (C=O) groups excluding carboxylic acids is 4. The van der Waals surface area contributed by atoms with Gasteiger partial charge in [-0.15, -0.1) is 0 Å². The van der Waals surface area contributed by atoms with Gasteiger partial charge in [-0.2, -0.15) is 0 Å². The first-order chi connectivity index (χ1) is 26.5. The number of rotatable bonds is 22. The first-order valence-electron chi connectivity index (χ1n) is 18.6. The van der Waals surface area contributed by atoms with Gasteiger partial charge in [-0.25, -0.2) is 14.4 Å². The minimum absolute atomic E-state index is 0.00514. The molecule has 296 valence electrons. The molecule has 3 aromatic carbocycles. The van der Waals surface area contributed by atoms with E-state index in [1.54, 1.807) is 25.7 Å². The third kappa shape index (κ3) is 17.4. The molecule has 12 heteroatoms. The number of hydrogen-bond acceptors (Lipinski definition) is 9. The number of nitrogens with zero attached hydrogens (tertiary/aromatic N) is 1. The molecule has 0 heterocycles. The largest absolute Gasteiger partial charge is 0.460 e. The Morgan fingerprint density at radius 2 is 1.33 bits per heavy atom. The van der Waals surface area contributed by atoms with Crippen molar-refractivity contribution >= 4 is 24.2 Å². The van der Waals surface area contributed by atoms with E-state index in [0.29, 0.717) is 19.4 Å². The van der Waals surface area contributed by atoms with Crippen molar-refractivity contribution in [1.29, 1.82) is 0 Å². The Bertz CT molecular complexity index is 1580. The smallest absolute Gasteiger partial charge is 0.410 e. The lowest BCUT2D eigenvalue weighted by Crippen LogP contribution is -2.51. The van der Waals surface area contributed by atoms with Crippen molar-refractivity contribution in [3.8, 4) is 0 Å². The number of hydrogen-bond donors (Lipinski definition) is 3. The van der Waals surface area contributed by atoms with E-state index >= 15 is 0 Å². The molecular weight excluding hydrogens is 700 g/mol. The highest BCUT2D eigenvalue weighted by Crippen LogP contribution is 2.26. The van der Waals surface area contributed by atoms with Gasteiger partial charge in [0.2, 0.25) is 0 Å². The summed E-state index contributed by atoms with van der Waals surface area (Å²) in [6.45, 7) is 13.6. The van der Waals surface area contributed by atoms with Gasteiger partial charge in [-0.05, 0) is 56.7 Å². The summed E-state index contributed by atoms with van der Waals surface area (Å²) in [5, 5.41) is 8.88. The Balaban J connectivity index is 1.79. The molecule has 0 aliphatic carbocycles. The van der Waals surface area contributed by atoms with E-state index < -0.39 is 41.9 Å².